The van der Waals surface area contributed by atoms with E-state index in [9.17, 15) is 10.4 Å². The first-order valence-electron chi connectivity index (χ1n) is 12.6. The molecular formula is C30H26ClFN6O2. The van der Waals surface area contributed by atoms with Crippen molar-refractivity contribution < 1.29 is 14.2 Å². The minimum atomic E-state index is -0.677. The van der Waals surface area contributed by atoms with Crippen LogP contribution in [0.15, 0.2) is 66.7 Å². The summed E-state index contributed by atoms with van der Waals surface area (Å²) in [5.74, 6) is -0.169. The van der Waals surface area contributed by atoms with Gasteiger partial charge in [-0.15, -0.1) is 12.4 Å². The van der Waals surface area contributed by atoms with Crippen LogP contribution in [0.3, 0.4) is 0 Å². The molecule has 0 saturated carbocycles. The van der Waals surface area contributed by atoms with E-state index in [4.69, 9.17) is 4.74 Å². The number of nitriles is 1. The molecule has 202 valence electrons. The third-order valence-electron chi connectivity index (χ3n) is 7.04. The van der Waals surface area contributed by atoms with Crippen molar-refractivity contribution in [3.8, 4) is 51.2 Å². The lowest BCUT2D eigenvalue weighted by atomic mass is 9.91. The first-order chi connectivity index (χ1) is 19.1. The van der Waals surface area contributed by atoms with Crippen LogP contribution in [0.4, 0.5) is 10.1 Å². The highest BCUT2D eigenvalue weighted by Gasteiger charge is 2.24. The highest BCUT2D eigenvalue weighted by Crippen LogP contribution is 2.41. The lowest BCUT2D eigenvalue weighted by molar-refractivity contribution is 0.415. The molecule has 1 aliphatic heterocycles. The maximum atomic E-state index is 15.0. The number of ether oxygens (including phenoxy) is 1. The number of pyridine rings is 1. The number of hydrogen-bond acceptors (Lipinski definition) is 7. The summed E-state index contributed by atoms with van der Waals surface area (Å²) < 4.78 is 20.3. The predicted octanol–water partition coefficient (Wildman–Crippen LogP) is 5.52. The second kappa shape index (κ2) is 11.2. The van der Waals surface area contributed by atoms with Gasteiger partial charge in [0.25, 0.3) is 0 Å². The summed E-state index contributed by atoms with van der Waals surface area (Å²) in [6.45, 7) is 3.67. The SMILES string of the molecule is COc1ccc(-c2[nH]nc3nc(-c4ccc(O)cc4F)c(C#N)c(-c4ccc(N5CCNCC5)cc4)c23)cc1.Cl. The number of anilines is 1. The maximum absolute atomic E-state index is 15.0. The van der Waals surface area contributed by atoms with Crippen LogP contribution in [0.2, 0.25) is 0 Å². The molecular weight excluding hydrogens is 531 g/mol. The van der Waals surface area contributed by atoms with E-state index in [-0.39, 0.29) is 35.0 Å². The minimum absolute atomic E-state index is 0. The van der Waals surface area contributed by atoms with Gasteiger partial charge in [0.15, 0.2) is 5.65 Å². The molecule has 1 fully saturated rings. The zero-order valence-electron chi connectivity index (χ0n) is 21.6. The fourth-order valence-corrected chi connectivity index (χ4v) is 5.07. The summed E-state index contributed by atoms with van der Waals surface area (Å²) in [4.78, 5) is 6.95. The van der Waals surface area contributed by atoms with Gasteiger partial charge in [0.05, 0.1) is 29.4 Å². The lowest BCUT2D eigenvalue weighted by Gasteiger charge is -2.29. The van der Waals surface area contributed by atoms with Crippen LogP contribution in [-0.2, 0) is 0 Å². The van der Waals surface area contributed by atoms with Crippen LogP contribution < -0.4 is 15.0 Å². The molecule has 8 nitrogen and oxygen atoms in total. The number of H-pyrrole nitrogens is 1. The fraction of sp³-hybridized carbons (Fsp3) is 0.167. The van der Waals surface area contributed by atoms with Crippen molar-refractivity contribution in [2.45, 2.75) is 0 Å². The molecule has 1 saturated heterocycles. The number of methoxy groups -OCH3 is 1. The van der Waals surface area contributed by atoms with Crippen LogP contribution in [-0.4, -0.2) is 53.6 Å². The molecule has 40 heavy (non-hydrogen) atoms. The number of rotatable bonds is 5. The van der Waals surface area contributed by atoms with Crippen LogP contribution in [0, 0.1) is 17.1 Å². The fourth-order valence-electron chi connectivity index (χ4n) is 5.07. The van der Waals surface area contributed by atoms with Crippen molar-refractivity contribution in [3.63, 3.8) is 0 Å². The highest BCUT2D eigenvalue weighted by atomic mass is 35.5. The summed E-state index contributed by atoms with van der Waals surface area (Å²) in [6, 6.07) is 21.7. The Labute approximate surface area is 236 Å². The first-order valence-corrected chi connectivity index (χ1v) is 12.6. The van der Waals surface area contributed by atoms with Gasteiger partial charge in [-0.2, -0.15) is 10.4 Å². The molecule has 5 aromatic rings. The second-order valence-electron chi connectivity index (χ2n) is 9.30. The number of aromatic nitrogens is 3. The molecule has 0 spiro atoms. The molecule has 3 aromatic carbocycles. The van der Waals surface area contributed by atoms with Gasteiger partial charge in [0, 0.05) is 54.6 Å². The Morgan fingerprint density at radius 3 is 2.35 bits per heavy atom. The van der Waals surface area contributed by atoms with E-state index in [0.717, 1.165) is 49.1 Å². The normalized spacial score (nSPS) is 13.1. The molecule has 0 atom stereocenters. The number of fused-ring (bicyclic) bond motifs is 1. The van der Waals surface area contributed by atoms with Crippen LogP contribution in [0.1, 0.15) is 5.56 Å². The molecule has 0 amide bonds. The largest absolute Gasteiger partial charge is 0.508 e. The van der Waals surface area contributed by atoms with Gasteiger partial charge in [-0.25, -0.2) is 9.37 Å². The van der Waals surface area contributed by atoms with Gasteiger partial charge in [-0.05, 0) is 54.1 Å². The molecule has 0 radical (unpaired) electrons. The lowest BCUT2D eigenvalue weighted by Crippen LogP contribution is -2.43. The standard InChI is InChI=1S/C30H25FN6O2.ClH/c1-39-22-9-4-19(5-10-22)28-27-26(18-2-6-20(7-3-18)37-14-12-33-13-15-37)24(17-32)29(34-30(27)36-35-28)23-11-8-21(38)16-25(23)31;/h2-11,16,33,38H,12-15H2,1H3,(H,34,35,36);1H. The molecule has 10 heteroatoms. The Bertz CT molecular complexity index is 1710. The summed E-state index contributed by atoms with van der Waals surface area (Å²) in [5.41, 5.74) is 4.86. The van der Waals surface area contributed by atoms with E-state index in [1.54, 1.807) is 7.11 Å². The maximum Gasteiger partial charge on any atom is 0.182 e. The van der Waals surface area contributed by atoms with Crippen molar-refractivity contribution in [2.75, 3.05) is 38.2 Å². The van der Waals surface area contributed by atoms with Gasteiger partial charge in [0.2, 0.25) is 0 Å². The van der Waals surface area contributed by atoms with E-state index >= 15 is 4.39 Å². The number of benzene rings is 3. The Morgan fingerprint density at radius 1 is 1.00 bits per heavy atom. The summed E-state index contributed by atoms with van der Waals surface area (Å²) in [5, 5.41) is 31.8. The summed E-state index contributed by atoms with van der Waals surface area (Å²) >= 11 is 0. The number of piperazine rings is 1. The van der Waals surface area contributed by atoms with Gasteiger partial charge in [-0.1, -0.05) is 12.1 Å². The Morgan fingerprint density at radius 2 is 1.70 bits per heavy atom. The number of phenolic OH excluding ortho intramolecular Hbond substituents is 1. The van der Waals surface area contributed by atoms with Crippen molar-refractivity contribution in [2.24, 2.45) is 0 Å². The number of aromatic amines is 1. The van der Waals surface area contributed by atoms with Gasteiger partial charge < -0.3 is 20.1 Å². The molecule has 0 unspecified atom stereocenters. The Hall–Kier alpha value is -4.65. The molecule has 1 aliphatic rings. The Kier molecular flexibility index (Phi) is 7.56. The van der Waals surface area contributed by atoms with Crippen LogP contribution in [0.5, 0.6) is 11.5 Å². The number of nitrogens with one attached hydrogen (secondary N) is 2. The number of phenols is 1. The second-order valence-corrected chi connectivity index (χ2v) is 9.30. The molecule has 3 heterocycles. The average molecular weight is 557 g/mol. The molecule has 0 aliphatic carbocycles. The number of aromatic hydroxyl groups is 1. The van der Waals surface area contributed by atoms with Gasteiger partial charge >= 0.3 is 0 Å². The van der Waals surface area contributed by atoms with Gasteiger partial charge in [-0.3, -0.25) is 5.10 Å². The molecule has 2 aromatic heterocycles. The third-order valence-corrected chi connectivity index (χ3v) is 7.04. The van der Waals surface area contributed by atoms with E-state index < -0.39 is 5.82 Å². The molecule has 0 bridgehead atoms. The highest BCUT2D eigenvalue weighted by molar-refractivity contribution is 6.06. The van der Waals surface area contributed by atoms with E-state index in [2.05, 4.69) is 31.5 Å². The van der Waals surface area contributed by atoms with Crippen molar-refractivity contribution >= 4 is 29.1 Å². The summed E-state index contributed by atoms with van der Waals surface area (Å²) in [7, 11) is 1.61. The average Bonchev–Trinajstić information content (AvgIpc) is 3.40. The van der Waals surface area contributed by atoms with Crippen molar-refractivity contribution in [1.29, 1.82) is 5.26 Å². The quantitative estimate of drug-likeness (QED) is 0.261. The zero-order valence-corrected chi connectivity index (χ0v) is 22.4. The van der Waals surface area contributed by atoms with E-state index in [1.807, 2.05) is 48.5 Å². The zero-order chi connectivity index (χ0) is 26.9. The monoisotopic (exact) mass is 556 g/mol. The Balaban J connectivity index is 0.00000323. The topological polar surface area (TPSA) is 110 Å². The predicted molar refractivity (Wildman–Crippen MR) is 155 cm³/mol. The number of nitrogens with zero attached hydrogens (tertiary/aromatic N) is 4. The number of hydrogen-bond donors (Lipinski definition) is 3. The van der Waals surface area contributed by atoms with Crippen molar-refractivity contribution in [1.82, 2.24) is 20.5 Å². The molecule has 6 rings (SSSR count). The van der Waals surface area contributed by atoms with E-state index in [0.29, 0.717) is 28.0 Å². The summed E-state index contributed by atoms with van der Waals surface area (Å²) in [6.07, 6.45) is 0. The smallest absolute Gasteiger partial charge is 0.182 e. The first kappa shape index (κ1) is 26.9. The van der Waals surface area contributed by atoms with Crippen LogP contribution in [0.25, 0.3) is 44.7 Å². The molecule has 3 N–H and O–H groups in total. The number of halogens is 2. The van der Waals surface area contributed by atoms with Crippen molar-refractivity contribution in [3.05, 3.63) is 78.1 Å². The van der Waals surface area contributed by atoms with E-state index in [1.165, 1.54) is 12.1 Å². The van der Waals surface area contributed by atoms with Gasteiger partial charge in [0.1, 0.15) is 23.4 Å². The van der Waals surface area contributed by atoms with Crippen LogP contribution >= 0.6 is 12.4 Å². The minimum Gasteiger partial charge on any atom is -0.508 e. The third kappa shape index (κ3) is 4.79.